The molecule has 2 rings (SSSR count). The molecule has 0 fully saturated rings. The van der Waals surface area contributed by atoms with Gasteiger partial charge in [0.25, 0.3) is 0 Å². The molecule has 0 aliphatic carbocycles. The van der Waals surface area contributed by atoms with Crippen LogP contribution in [0.5, 0.6) is 0 Å². The van der Waals surface area contributed by atoms with Crippen LogP contribution in [0.15, 0.2) is 34.9 Å². The number of nitrogens with one attached hydrogen (secondary N) is 1. The number of hydrogen-bond donors (Lipinski definition) is 1. The highest BCUT2D eigenvalue weighted by molar-refractivity contribution is 9.10. The van der Waals surface area contributed by atoms with Gasteiger partial charge in [0.1, 0.15) is 5.82 Å². The largest absolute Gasteiger partial charge is 0.383 e. The minimum absolute atomic E-state index is 0.284. The fourth-order valence-corrected chi connectivity index (χ4v) is 2.07. The molecule has 102 valence electrons. The van der Waals surface area contributed by atoms with Gasteiger partial charge in [-0.2, -0.15) is 5.10 Å². The molecule has 0 spiro atoms. The lowest BCUT2D eigenvalue weighted by atomic mass is 10.3. The highest BCUT2D eigenvalue weighted by Gasteiger charge is 2.06. The maximum atomic E-state index is 13.2. The van der Waals surface area contributed by atoms with Crippen LogP contribution < -0.4 is 5.32 Å². The van der Waals surface area contributed by atoms with Crippen LogP contribution in [-0.4, -0.2) is 30.0 Å². The Morgan fingerprint density at radius 1 is 1.42 bits per heavy atom. The zero-order valence-electron chi connectivity index (χ0n) is 10.6. The van der Waals surface area contributed by atoms with Crippen molar-refractivity contribution in [3.63, 3.8) is 0 Å². The molecule has 0 saturated carbocycles. The molecule has 1 heterocycles. The Hall–Kier alpha value is -1.24. The molecule has 0 aliphatic rings. The number of halogens is 2. The number of nitrogens with zero attached hydrogens (tertiary/aromatic N) is 2. The van der Waals surface area contributed by atoms with Crippen molar-refractivity contribution in [3.8, 4) is 5.69 Å². The summed E-state index contributed by atoms with van der Waals surface area (Å²) in [6, 6.07) is 6.42. The van der Waals surface area contributed by atoms with Crippen molar-refractivity contribution in [1.82, 2.24) is 15.1 Å². The predicted octanol–water partition coefficient (Wildman–Crippen LogP) is 2.51. The SMILES string of the molecule is COCCNCc1ccn(-c2cc(F)ccc2Br)n1. The third-order valence-corrected chi connectivity index (χ3v) is 3.26. The third kappa shape index (κ3) is 3.86. The Kier molecular flexibility index (Phi) is 5.07. The maximum absolute atomic E-state index is 13.2. The molecule has 0 bridgehead atoms. The van der Waals surface area contributed by atoms with Crippen LogP contribution in [0, 0.1) is 5.82 Å². The highest BCUT2D eigenvalue weighted by atomic mass is 79.9. The van der Waals surface area contributed by atoms with Crippen molar-refractivity contribution < 1.29 is 9.13 Å². The number of hydrogen-bond acceptors (Lipinski definition) is 3. The number of methoxy groups -OCH3 is 1. The second-order valence-corrected chi connectivity index (χ2v) is 4.87. The van der Waals surface area contributed by atoms with Crippen molar-refractivity contribution in [1.29, 1.82) is 0 Å². The van der Waals surface area contributed by atoms with Gasteiger partial charge in [0, 0.05) is 36.9 Å². The van der Waals surface area contributed by atoms with E-state index in [9.17, 15) is 4.39 Å². The van der Waals surface area contributed by atoms with Gasteiger partial charge in [-0.15, -0.1) is 0 Å². The first-order valence-corrected chi connectivity index (χ1v) is 6.69. The van der Waals surface area contributed by atoms with Gasteiger partial charge in [-0.1, -0.05) is 0 Å². The van der Waals surface area contributed by atoms with Crippen molar-refractivity contribution >= 4 is 15.9 Å². The van der Waals surface area contributed by atoms with Crippen LogP contribution in [0.25, 0.3) is 5.69 Å². The summed E-state index contributed by atoms with van der Waals surface area (Å²) in [5.74, 6) is -0.284. The van der Waals surface area contributed by atoms with E-state index in [2.05, 4.69) is 26.3 Å². The Balaban J connectivity index is 2.06. The summed E-state index contributed by atoms with van der Waals surface area (Å²) in [7, 11) is 1.66. The topological polar surface area (TPSA) is 39.1 Å². The van der Waals surface area contributed by atoms with E-state index in [1.54, 1.807) is 17.9 Å². The fourth-order valence-electron chi connectivity index (χ4n) is 1.64. The van der Waals surface area contributed by atoms with Gasteiger partial charge in [-0.05, 0) is 34.1 Å². The summed E-state index contributed by atoms with van der Waals surface area (Å²) in [5.41, 5.74) is 1.58. The van der Waals surface area contributed by atoms with Crippen LogP contribution >= 0.6 is 15.9 Å². The fraction of sp³-hybridized carbons (Fsp3) is 0.308. The summed E-state index contributed by atoms with van der Waals surface area (Å²) in [6.45, 7) is 2.09. The molecule has 0 amide bonds. The van der Waals surface area contributed by atoms with Crippen LogP contribution in [0.1, 0.15) is 5.69 Å². The summed E-state index contributed by atoms with van der Waals surface area (Å²) in [6.07, 6.45) is 1.81. The van der Waals surface area contributed by atoms with Gasteiger partial charge in [-0.3, -0.25) is 0 Å². The van der Waals surface area contributed by atoms with Gasteiger partial charge in [0.2, 0.25) is 0 Å². The first-order valence-electron chi connectivity index (χ1n) is 5.90. The molecule has 0 aliphatic heterocycles. The molecule has 6 heteroatoms. The molecule has 0 unspecified atom stereocenters. The van der Waals surface area contributed by atoms with Crippen LogP contribution in [0.2, 0.25) is 0 Å². The van der Waals surface area contributed by atoms with Crippen molar-refractivity contribution in [2.75, 3.05) is 20.3 Å². The summed E-state index contributed by atoms with van der Waals surface area (Å²) >= 11 is 3.39. The molecule has 19 heavy (non-hydrogen) atoms. The van der Waals surface area contributed by atoms with E-state index < -0.39 is 0 Å². The lowest BCUT2D eigenvalue weighted by Crippen LogP contribution is -2.18. The van der Waals surface area contributed by atoms with Crippen molar-refractivity contribution in [2.45, 2.75) is 6.54 Å². The quantitative estimate of drug-likeness (QED) is 0.828. The Morgan fingerprint density at radius 3 is 3.05 bits per heavy atom. The van der Waals surface area contributed by atoms with E-state index >= 15 is 0 Å². The second kappa shape index (κ2) is 6.79. The van der Waals surface area contributed by atoms with Crippen molar-refractivity contribution in [3.05, 3.63) is 46.4 Å². The highest BCUT2D eigenvalue weighted by Crippen LogP contribution is 2.21. The lowest BCUT2D eigenvalue weighted by molar-refractivity contribution is 0.199. The van der Waals surface area contributed by atoms with Crippen molar-refractivity contribution in [2.24, 2.45) is 0 Å². The zero-order chi connectivity index (χ0) is 13.7. The molecular weight excluding hydrogens is 313 g/mol. The minimum atomic E-state index is -0.284. The molecule has 1 aromatic carbocycles. The Morgan fingerprint density at radius 2 is 2.26 bits per heavy atom. The number of benzene rings is 1. The first kappa shape index (κ1) is 14.2. The van der Waals surface area contributed by atoms with Gasteiger partial charge in [0.15, 0.2) is 0 Å². The second-order valence-electron chi connectivity index (χ2n) is 4.02. The predicted molar refractivity (Wildman–Crippen MR) is 74.8 cm³/mol. The smallest absolute Gasteiger partial charge is 0.125 e. The standard InChI is InChI=1S/C13H15BrFN3O/c1-19-7-5-16-9-11-4-6-18(17-11)13-8-10(15)2-3-12(13)14/h2-4,6,8,16H,5,7,9H2,1H3. The van der Waals surface area contributed by atoms with E-state index in [0.29, 0.717) is 18.8 Å². The number of rotatable bonds is 6. The van der Waals surface area contributed by atoms with Gasteiger partial charge in [0.05, 0.1) is 18.0 Å². The van der Waals surface area contributed by atoms with E-state index in [1.165, 1.54) is 12.1 Å². The molecule has 0 saturated heterocycles. The van der Waals surface area contributed by atoms with Gasteiger partial charge >= 0.3 is 0 Å². The van der Waals surface area contributed by atoms with Crippen LogP contribution in [-0.2, 0) is 11.3 Å². The monoisotopic (exact) mass is 327 g/mol. The van der Waals surface area contributed by atoms with Crippen LogP contribution in [0.3, 0.4) is 0 Å². The molecule has 2 aromatic rings. The van der Waals surface area contributed by atoms with E-state index in [-0.39, 0.29) is 5.82 Å². The average molecular weight is 328 g/mol. The lowest BCUT2D eigenvalue weighted by Gasteiger charge is -2.05. The molecule has 0 radical (unpaired) electrons. The summed E-state index contributed by atoms with van der Waals surface area (Å²) in [4.78, 5) is 0. The number of aromatic nitrogens is 2. The summed E-state index contributed by atoms with van der Waals surface area (Å²) < 4.78 is 20.6. The molecule has 0 atom stereocenters. The van der Waals surface area contributed by atoms with Gasteiger partial charge < -0.3 is 10.1 Å². The van der Waals surface area contributed by atoms with E-state index in [0.717, 1.165) is 16.7 Å². The first-order chi connectivity index (χ1) is 9.20. The molecular formula is C13H15BrFN3O. The van der Waals surface area contributed by atoms with E-state index in [4.69, 9.17) is 4.74 Å². The maximum Gasteiger partial charge on any atom is 0.125 e. The third-order valence-electron chi connectivity index (χ3n) is 2.59. The van der Waals surface area contributed by atoms with Crippen LogP contribution in [0.4, 0.5) is 4.39 Å². The van der Waals surface area contributed by atoms with Gasteiger partial charge in [-0.25, -0.2) is 9.07 Å². The molecule has 1 N–H and O–H groups in total. The minimum Gasteiger partial charge on any atom is -0.383 e. The summed E-state index contributed by atoms with van der Waals surface area (Å²) in [5, 5.41) is 7.60. The Labute approximate surface area is 119 Å². The average Bonchev–Trinajstić information content (AvgIpc) is 2.86. The molecule has 1 aromatic heterocycles. The normalized spacial score (nSPS) is 10.9. The number of ether oxygens (including phenoxy) is 1. The molecule has 4 nitrogen and oxygen atoms in total. The Bertz CT molecular complexity index is 544. The van der Waals surface area contributed by atoms with E-state index in [1.807, 2.05) is 12.3 Å². The zero-order valence-corrected chi connectivity index (χ0v) is 12.2.